The van der Waals surface area contributed by atoms with Crippen molar-refractivity contribution in [1.82, 2.24) is 0 Å². The highest BCUT2D eigenvalue weighted by Gasteiger charge is 2.12. The van der Waals surface area contributed by atoms with Crippen LogP contribution in [0, 0.1) is 17.1 Å². The predicted molar refractivity (Wildman–Crippen MR) is 74.6 cm³/mol. The minimum absolute atomic E-state index is 0.264. The number of rotatable bonds is 3. The van der Waals surface area contributed by atoms with E-state index < -0.39 is 0 Å². The van der Waals surface area contributed by atoms with Gasteiger partial charge in [-0.25, -0.2) is 4.39 Å². The first-order valence-corrected chi connectivity index (χ1v) is 6.45. The zero-order chi connectivity index (χ0) is 13.8. The minimum atomic E-state index is -0.264. The number of nitriles is 1. The molecule has 0 aliphatic rings. The topological polar surface area (TPSA) is 33.0 Å². The van der Waals surface area contributed by atoms with E-state index in [4.69, 9.17) is 4.74 Å². The lowest BCUT2D eigenvalue weighted by Gasteiger charge is -2.09. The first kappa shape index (κ1) is 13.6. The second kappa shape index (κ2) is 5.85. The van der Waals surface area contributed by atoms with Crippen molar-refractivity contribution in [3.8, 4) is 11.8 Å². The predicted octanol–water partition coefficient (Wildman–Crippen LogP) is 4.06. The highest BCUT2D eigenvalue weighted by Crippen LogP contribution is 2.31. The molecule has 0 aromatic heterocycles. The van der Waals surface area contributed by atoms with Crippen molar-refractivity contribution in [3.63, 3.8) is 0 Å². The lowest BCUT2D eigenvalue weighted by Crippen LogP contribution is -1.96. The molecule has 4 heteroatoms. The quantitative estimate of drug-likeness (QED) is 0.854. The van der Waals surface area contributed by atoms with Crippen molar-refractivity contribution in [1.29, 1.82) is 5.26 Å². The first-order valence-electron chi connectivity index (χ1n) is 5.65. The molecule has 0 saturated carbocycles. The summed E-state index contributed by atoms with van der Waals surface area (Å²) in [6.45, 7) is 0. The molecule has 0 bridgehead atoms. The molecule has 0 fully saturated rings. The summed E-state index contributed by atoms with van der Waals surface area (Å²) in [5.74, 6) is 0.361. The highest BCUT2D eigenvalue weighted by molar-refractivity contribution is 9.10. The van der Waals surface area contributed by atoms with Crippen LogP contribution in [0.1, 0.15) is 16.7 Å². The van der Waals surface area contributed by atoms with Crippen LogP contribution in [-0.2, 0) is 6.42 Å². The zero-order valence-corrected chi connectivity index (χ0v) is 11.9. The van der Waals surface area contributed by atoms with Crippen LogP contribution in [0.3, 0.4) is 0 Å². The fraction of sp³-hybridized carbons (Fsp3) is 0.133. The van der Waals surface area contributed by atoms with Gasteiger partial charge >= 0.3 is 0 Å². The summed E-state index contributed by atoms with van der Waals surface area (Å²) < 4.78 is 18.7. The van der Waals surface area contributed by atoms with Gasteiger partial charge in [0, 0.05) is 0 Å². The van der Waals surface area contributed by atoms with Crippen molar-refractivity contribution in [2.45, 2.75) is 6.42 Å². The standard InChI is InChI=1S/C15H11BrFNO/c1-19-14-7-4-11(13(9-18)15(14)16)8-10-2-5-12(17)6-3-10/h2-7H,8H2,1H3. The molecule has 0 N–H and O–H groups in total. The Kier molecular flexibility index (Phi) is 4.18. The van der Waals surface area contributed by atoms with E-state index in [0.717, 1.165) is 11.1 Å². The van der Waals surface area contributed by atoms with Crippen LogP contribution >= 0.6 is 15.9 Å². The molecule has 0 unspecified atom stereocenters. The number of benzene rings is 2. The van der Waals surface area contributed by atoms with Gasteiger partial charge in [-0.15, -0.1) is 0 Å². The van der Waals surface area contributed by atoms with Crippen LogP contribution < -0.4 is 4.74 Å². The second-order valence-electron chi connectivity index (χ2n) is 4.03. The summed E-state index contributed by atoms with van der Waals surface area (Å²) in [5.41, 5.74) is 2.38. The van der Waals surface area contributed by atoms with Crippen LogP contribution in [0.5, 0.6) is 5.75 Å². The van der Waals surface area contributed by atoms with Crippen LogP contribution in [0.15, 0.2) is 40.9 Å². The number of ether oxygens (including phenoxy) is 1. The van der Waals surface area contributed by atoms with Gasteiger partial charge in [0.2, 0.25) is 0 Å². The van der Waals surface area contributed by atoms with Crippen molar-refractivity contribution >= 4 is 15.9 Å². The molecule has 2 rings (SSSR count). The van der Waals surface area contributed by atoms with E-state index in [1.165, 1.54) is 12.1 Å². The first-order chi connectivity index (χ1) is 9.15. The fourth-order valence-electron chi connectivity index (χ4n) is 1.84. The third-order valence-electron chi connectivity index (χ3n) is 2.83. The summed E-state index contributed by atoms with van der Waals surface area (Å²) in [5, 5.41) is 9.25. The van der Waals surface area contributed by atoms with Crippen molar-refractivity contribution < 1.29 is 9.13 Å². The molecule has 0 heterocycles. The SMILES string of the molecule is COc1ccc(Cc2ccc(F)cc2)c(C#N)c1Br. The molecule has 2 aromatic rings. The van der Waals surface area contributed by atoms with E-state index in [9.17, 15) is 9.65 Å². The molecule has 0 radical (unpaired) electrons. The van der Waals surface area contributed by atoms with Crippen molar-refractivity contribution in [3.05, 3.63) is 63.4 Å². The monoisotopic (exact) mass is 319 g/mol. The van der Waals surface area contributed by atoms with E-state index >= 15 is 0 Å². The van der Waals surface area contributed by atoms with Crippen LogP contribution in [0.4, 0.5) is 4.39 Å². The molecule has 0 aliphatic carbocycles. The van der Waals surface area contributed by atoms with E-state index in [-0.39, 0.29) is 5.82 Å². The normalized spacial score (nSPS) is 10.0. The number of hydrogen-bond acceptors (Lipinski definition) is 2. The summed E-state index contributed by atoms with van der Waals surface area (Å²) in [6, 6.07) is 12.1. The Balaban J connectivity index is 2.38. The van der Waals surface area contributed by atoms with Gasteiger partial charge < -0.3 is 4.74 Å². The third-order valence-corrected chi connectivity index (χ3v) is 3.62. The molecule has 0 amide bonds. The average molecular weight is 320 g/mol. The lowest BCUT2D eigenvalue weighted by atomic mass is 10.00. The maximum Gasteiger partial charge on any atom is 0.134 e. The Morgan fingerprint density at radius 1 is 1.21 bits per heavy atom. The van der Waals surface area contributed by atoms with Crippen molar-refractivity contribution in [2.24, 2.45) is 0 Å². The largest absolute Gasteiger partial charge is 0.496 e. The Hall–Kier alpha value is -1.86. The van der Waals surface area contributed by atoms with E-state index in [0.29, 0.717) is 22.2 Å². The summed E-state index contributed by atoms with van der Waals surface area (Å²) >= 11 is 3.37. The Morgan fingerprint density at radius 3 is 2.47 bits per heavy atom. The minimum Gasteiger partial charge on any atom is -0.496 e. The molecular weight excluding hydrogens is 309 g/mol. The van der Waals surface area contributed by atoms with E-state index in [1.807, 2.05) is 12.1 Å². The van der Waals surface area contributed by atoms with E-state index in [2.05, 4.69) is 22.0 Å². The fourth-order valence-corrected chi connectivity index (χ4v) is 2.48. The van der Waals surface area contributed by atoms with Crippen LogP contribution in [0.25, 0.3) is 0 Å². The van der Waals surface area contributed by atoms with Gasteiger partial charge in [-0.3, -0.25) is 0 Å². The van der Waals surface area contributed by atoms with Crippen molar-refractivity contribution in [2.75, 3.05) is 7.11 Å². The maximum absolute atomic E-state index is 12.9. The molecule has 0 atom stereocenters. The van der Waals surface area contributed by atoms with Gasteiger partial charge in [0.05, 0.1) is 17.1 Å². The van der Waals surface area contributed by atoms with Gasteiger partial charge in [-0.1, -0.05) is 18.2 Å². The second-order valence-corrected chi connectivity index (χ2v) is 4.82. The lowest BCUT2D eigenvalue weighted by molar-refractivity contribution is 0.412. The third kappa shape index (κ3) is 2.94. The molecule has 19 heavy (non-hydrogen) atoms. The number of hydrogen-bond donors (Lipinski definition) is 0. The summed E-state index contributed by atoms with van der Waals surface area (Å²) in [4.78, 5) is 0. The van der Waals surface area contributed by atoms with Crippen LogP contribution in [-0.4, -0.2) is 7.11 Å². The van der Waals surface area contributed by atoms with Gasteiger partial charge in [0.15, 0.2) is 0 Å². The Morgan fingerprint density at radius 2 is 1.89 bits per heavy atom. The maximum atomic E-state index is 12.9. The Bertz CT molecular complexity index is 632. The molecule has 0 saturated heterocycles. The van der Waals surface area contributed by atoms with Gasteiger partial charge in [0.1, 0.15) is 17.6 Å². The molecule has 0 aliphatic heterocycles. The number of methoxy groups -OCH3 is 1. The zero-order valence-electron chi connectivity index (χ0n) is 10.3. The van der Waals surface area contributed by atoms with Crippen LogP contribution in [0.2, 0.25) is 0 Å². The Labute approximate surface area is 119 Å². The molecule has 0 spiro atoms. The molecule has 2 nitrogen and oxygen atoms in total. The van der Waals surface area contributed by atoms with E-state index in [1.54, 1.807) is 19.2 Å². The summed E-state index contributed by atoms with van der Waals surface area (Å²) in [6.07, 6.45) is 0.575. The number of halogens is 2. The average Bonchev–Trinajstić information content (AvgIpc) is 2.42. The highest BCUT2D eigenvalue weighted by atomic mass is 79.9. The molecule has 96 valence electrons. The smallest absolute Gasteiger partial charge is 0.134 e. The molecular formula is C15H11BrFNO. The number of nitrogens with zero attached hydrogens (tertiary/aromatic N) is 1. The van der Waals surface area contributed by atoms with Gasteiger partial charge in [0.25, 0.3) is 0 Å². The van der Waals surface area contributed by atoms with Gasteiger partial charge in [-0.05, 0) is 51.7 Å². The van der Waals surface area contributed by atoms with Gasteiger partial charge in [-0.2, -0.15) is 5.26 Å². The summed E-state index contributed by atoms with van der Waals surface area (Å²) in [7, 11) is 1.56. The molecule has 2 aromatic carbocycles.